The van der Waals surface area contributed by atoms with Crippen LogP contribution in [0.2, 0.25) is 0 Å². The van der Waals surface area contributed by atoms with E-state index >= 15 is 0 Å². The molecule has 0 fully saturated rings. The van der Waals surface area contributed by atoms with E-state index in [0.717, 1.165) is 27.7 Å². The summed E-state index contributed by atoms with van der Waals surface area (Å²) in [6, 6.07) is 13.7. The lowest BCUT2D eigenvalue weighted by Gasteiger charge is -2.25. The van der Waals surface area contributed by atoms with Crippen LogP contribution in [0.1, 0.15) is 43.5 Å². The third-order valence-corrected chi connectivity index (χ3v) is 5.46. The van der Waals surface area contributed by atoms with E-state index in [-0.39, 0.29) is 19.1 Å². The molecule has 8 heteroatoms. The van der Waals surface area contributed by atoms with E-state index in [9.17, 15) is 9.90 Å². The van der Waals surface area contributed by atoms with Crippen LogP contribution in [0.25, 0.3) is 10.9 Å². The van der Waals surface area contributed by atoms with Crippen molar-refractivity contribution in [1.82, 2.24) is 4.98 Å². The van der Waals surface area contributed by atoms with E-state index < -0.39 is 11.7 Å². The van der Waals surface area contributed by atoms with E-state index in [0.29, 0.717) is 24.6 Å². The van der Waals surface area contributed by atoms with Crippen LogP contribution in [0, 0.1) is 0 Å². The Morgan fingerprint density at radius 2 is 1.94 bits per heavy atom. The molecule has 1 aliphatic rings. The van der Waals surface area contributed by atoms with Crippen molar-refractivity contribution in [2.75, 3.05) is 25.2 Å². The SMILES string of the molecule is COOCc1cc2c3c(cc(OCc4ccccc4)c2[nH]1)N(C(=O)OC(C)(C)C)C[C@H]3CO. The summed E-state index contributed by atoms with van der Waals surface area (Å²) in [6.45, 7) is 6.31. The monoisotopic (exact) mass is 454 g/mol. The largest absolute Gasteiger partial charge is 0.487 e. The molecule has 0 saturated heterocycles. The highest BCUT2D eigenvalue weighted by Gasteiger charge is 2.37. The molecule has 1 atom stereocenters. The zero-order chi connectivity index (χ0) is 23.6. The molecule has 1 amide bonds. The second kappa shape index (κ2) is 9.43. The summed E-state index contributed by atoms with van der Waals surface area (Å²) >= 11 is 0. The fraction of sp³-hybridized carbons (Fsp3) is 0.400. The number of carbonyl (C=O) groups excluding carboxylic acids is 1. The number of benzene rings is 2. The molecule has 2 aromatic carbocycles. The van der Waals surface area contributed by atoms with Crippen LogP contribution in [0.3, 0.4) is 0 Å². The van der Waals surface area contributed by atoms with Crippen LogP contribution in [0.15, 0.2) is 42.5 Å². The Labute approximate surface area is 192 Å². The lowest BCUT2D eigenvalue weighted by Crippen LogP contribution is -2.36. The smallest absolute Gasteiger partial charge is 0.414 e. The first-order valence-electron chi connectivity index (χ1n) is 10.9. The molecule has 1 aromatic heterocycles. The number of nitrogens with one attached hydrogen (secondary N) is 1. The topological polar surface area (TPSA) is 93.3 Å². The van der Waals surface area contributed by atoms with Crippen molar-refractivity contribution >= 4 is 22.7 Å². The molecule has 0 aliphatic carbocycles. The van der Waals surface area contributed by atoms with E-state index in [1.54, 1.807) is 4.90 Å². The van der Waals surface area contributed by atoms with Gasteiger partial charge in [-0.05, 0) is 38.0 Å². The number of amides is 1. The average Bonchev–Trinajstić information content (AvgIpc) is 3.36. The van der Waals surface area contributed by atoms with Gasteiger partial charge in [0.2, 0.25) is 0 Å². The van der Waals surface area contributed by atoms with Crippen LogP contribution < -0.4 is 9.64 Å². The van der Waals surface area contributed by atoms with Gasteiger partial charge in [-0.15, -0.1) is 0 Å². The number of carbonyl (C=O) groups is 1. The molecule has 3 aromatic rings. The highest BCUT2D eigenvalue weighted by molar-refractivity contribution is 6.01. The fourth-order valence-electron chi connectivity index (χ4n) is 4.08. The number of anilines is 1. The van der Waals surface area contributed by atoms with Crippen LogP contribution in [0.5, 0.6) is 5.75 Å². The van der Waals surface area contributed by atoms with Gasteiger partial charge in [0.05, 0.1) is 24.9 Å². The zero-order valence-corrected chi connectivity index (χ0v) is 19.4. The molecule has 0 spiro atoms. The quantitative estimate of drug-likeness (QED) is 0.399. The van der Waals surface area contributed by atoms with Crippen molar-refractivity contribution < 1.29 is 29.1 Å². The minimum atomic E-state index is -0.635. The summed E-state index contributed by atoms with van der Waals surface area (Å²) in [5, 5.41) is 11.0. The van der Waals surface area contributed by atoms with E-state index in [4.69, 9.17) is 19.2 Å². The van der Waals surface area contributed by atoms with Gasteiger partial charge in [-0.3, -0.25) is 4.90 Å². The van der Waals surface area contributed by atoms with Gasteiger partial charge in [0, 0.05) is 29.6 Å². The number of hydrogen-bond acceptors (Lipinski definition) is 6. The molecular formula is C25H30N2O6. The summed E-state index contributed by atoms with van der Waals surface area (Å²) in [7, 11) is 1.45. The zero-order valence-electron chi connectivity index (χ0n) is 19.4. The minimum Gasteiger partial charge on any atom is -0.487 e. The number of aromatic nitrogens is 1. The molecule has 4 rings (SSSR count). The number of H-pyrrole nitrogens is 1. The van der Waals surface area contributed by atoms with E-state index in [1.165, 1.54) is 7.11 Å². The fourth-order valence-corrected chi connectivity index (χ4v) is 4.08. The Hall–Kier alpha value is -3.07. The van der Waals surface area contributed by atoms with Crippen LogP contribution in [0.4, 0.5) is 10.5 Å². The van der Waals surface area contributed by atoms with Gasteiger partial charge in [0.25, 0.3) is 0 Å². The lowest BCUT2D eigenvalue weighted by molar-refractivity contribution is -0.282. The summed E-state index contributed by atoms with van der Waals surface area (Å²) in [4.78, 5) is 27.8. The number of nitrogens with zero attached hydrogens (tertiary/aromatic N) is 1. The normalized spacial score (nSPS) is 15.7. The van der Waals surface area contributed by atoms with Crippen LogP contribution >= 0.6 is 0 Å². The molecule has 8 nitrogen and oxygen atoms in total. The van der Waals surface area contributed by atoms with Crippen molar-refractivity contribution in [3.05, 3.63) is 59.3 Å². The third kappa shape index (κ3) is 4.98. The molecule has 0 radical (unpaired) electrons. The Bertz CT molecular complexity index is 1120. The Kier molecular flexibility index (Phi) is 6.60. The highest BCUT2D eigenvalue weighted by atomic mass is 17.2. The molecular weight excluding hydrogens is 424 g/mol. The second-order valence-corrected chi connectivity index (χ2v) is 9.06. The first-order valence-corrected chi connectivity index (χ1v) is 10.9. The summed E-state index contributed by atoms with van der Waals surface area (Å²) in [6.07, 6.45) is -0.452. The third-order valence-electron chi connectivity index (χ3n) is 5.46. The molecule has 1 aliphatic heterocycles. The molecule has 0 saturated carbocycles. The van der Waals surface area contributed by atoms with Gasteiger partial charge in [0.1, 0.15) is 24.6 Å². The Balaban J connectivity index is 1.78. The first-order chi connectivity index (χ1) is 15.8. The predicted octanol–water partition coefficient (Wildman–Crippen LogP) is 4.66. The Morgan fingerprint density at radius 1 is 1.18 bits per heavy atom. The number of aromatic amines is 1. The van der Waals surface area contributed by atoms with Gasteiger partial charge in [0.15, 0.2) is 0 Å². The second-order valence-electron chi connectivity index (χ2n) is 9.06. The summed E-state index contributed by atoms with van der Waals surface area (Å²) < 4.78 is 11.8. The standard InChI is InChI=1S/C25H30N2O6/c1-25(2,3)33-24(29)27-12-17(13-28)22-19-10-18(15-32-30-4)26-23(19)21(11-20(22)27)31-14-16-8-6-5-7-9-16/h5-11,17,26,28H,12-15H2,1-4H3/t17-/m0/s1. The van der Waals surface area contributed by atoms with Gasteiger partial charge in [-0.2, -0.15) is 0 Å². The predicted molar refractivity (Wildman–Crippen MR) is 124 cm³/mol. The molecule has 2 heterocycles. The average molecular weight is 455 g/mol. The number of rotatable bonds is 7. The van der Waals surface area contributed by atoms with Gasteiger partial charge < -0.3 is 19.6 Å². The molecule has 2 N–H and O–H groups in total. The molecule has 0 bridgehead atoms. The number of aliphatic hydroxyl groups excluding tert-OH is 1. The summed E-state index contributed by atoms with van der Waals surface area (Å²) in [5.41, 5.74) is 3.52. The molecule has 33 heavy (non-hydrogen) atoms. The number of aliphatic hydroxyl groups is 1. The van der Waals surface area contributed by atoms with Gasteiger partial charge >= 0.3 is 6.09 Å². The van der Waals surface area contributed by atoms with E-state index in [1.807, 2.05) is 63.2 Å². The first kappa shape index (κ1) is 23.1. The van der Waals surface area contributed by atoms with Crippen molar-refractivity contribution in [1.29, 1.82) is 0 Å². The van der Waals surface area contributed by atoms with Crippen LogP contribution in [-0.2, 0) is 27.7 Å². The van der Waals surface area contributed by atoms with Crippen molar-refractivity contribution in [3.8, 4) is 5.75 Å². The lowest BCUT2D eigenvalue weighted by atomic mass is 9.98. The molecule has 176 valence electrons. The van der Waals surface area contributed by atoms with Crippen molar-refractivity contribution in [2.24, 2.45) is 0 Å². The van der Waals surface area contributed by atoms with Gasteiger partial charge in [-0.25, -0.2) is 14.6 Å². The highest BCUT2D eigenvalue weighted by Crippen LogP contribution is 2.45. The van der Waals surface area contributed by atoms with Crippen molar-refractivity contribution in [3.63, 3.8) is 0 Å². The summed E-state index contributed by atoms with van der Waals surface area (Å²) in [5.74, 6) is 0.355. The number of hydrogen-bond donors (Lipinski definition) is 2. The number of fused-ring (bicyclic) bond motifs is 3. The minimum absolute atomic E-state index is 0.0965. The van der Waals surface area contributed by atoms with E-state index in [2.05, 4.69) is 4.98 Å². The Morgan fingerprint density at radius 3 is 2.61 bits per heavy atom. The van der Waals surface area contributed by atoms with Gasteiger partial charge in [-0.1, -0.05) is 30.3 Å². The number of ether oxygens (including phenoxy) is 2. The maximum atomic E-state index is 13.0. The maximum absolute atomic E-state index is 13.0. The van der Waals surface area contributed by atoms with Crippen LogP contribution in [-0.4, -0.2) is 42.0 Å². The maximum Gasteiger partial charge on any atom is 0.414 e. The molecule has 0 unspecified atom stereocenters. The van der Waals surface area contributed by atoms with Crippen molar-refractivity contribution in [2.45, 2.75) is 45.5 Å².